The van der Waals surface area contributed by atoms with E-state index < -0.39 is 0 Å². The predicted molar refractivity (Wildman–Crippen MR) is 53.3 cm³/mol. The summed E-state index contributed by atoms with van der Waals surface area (Å²) in [6.45, 7) is 3.61. The average molecular weight is 246 g/mol. The van der Waals surface area contributed by atoms with E-state index in [0.717, 1.165) is 6.42 Å². The summed E-state index contributed by atoms with van der Waals surface area (Å²) in [6.07, 6.45) is 14.9. The molecule has 0 radical (unpaired) electrons. The van der Waals surface area contributed by atoms with Gasteiger partial charge < -0.3 is 0 Å². The van der Waals surface area contributed by atoms with Gasteiger partial charge in [0.2, 0.25) is 0 Å². The molecule has 2 heteroatoms. The van der Waals surface area contributed by atoms with Gasteiger partial charge in [0, 0.05) is 0 Å². The maximum absolute atomic E-state index is 3.61. The minimum absolute atomic E-state index is 0.966. The van der Waals surface area contributed by atoms with E-state index in [4.69, 9.17) is 0 Å². The quantitative estimate of drug-likeness (QED) is 0.631. The Hall–Kier alpha value is -0.131. The molecule has 0 atom stereocenters. The van der Waals surface area contributed by atoms with Crippen molar-refractivity contribution in [3.8, 4) is 0 Å². The molecule has 0 heterocycles. The Morgan fingerprint density at radius 1 is 1.15 bits per heavy atom. The number of rotatable bonds is 6. The molecule has 13 heavy (non-hydrogen) atoms. The van der Waals surface area contributed by atoms with Gasteiger partial charge in [-0.25, -0.2) is 0 Å². The molecule has 0 bridgehead atoms. The van der Waals surface area contributed by atoms with Gasteiger partial charge in [0.05, 0.1) is 0 Å². The molecule has 0 N–H and O–H groups in total. The maximum atomic E-state index is 3.61. The second-order valence-corrected chi connectivity index (χ2v) is 3.61. The summed E-state index contributed by atoms with van der Waals surface area (Å²) in [4.78, 5) is 0. The summed E-state index contributed by atoms with van der Waals surface area (Å²) in [7, 11) is 0. The first-order chi connectivity index (χ1) is 6.31. The third-order valence-electron chi connectivity index (χ3n) is 1.20. The van der Waals surface area contributed by atoms with E-state index in [9.17, 15) is 0 Å². The number of allylic oxidation sites excluding steroid dienone is 7. The topological polar surface area (TPSA) is 0 Å². The van der Waals surface area contributed by atoms with E-state index in [-0.39, 0.29) is 0 Å². The standard InChI is InChI=1S/C11H12.2V/c1-3-5-7-9-11-10-8-6-4-2;;/h1,3-9H,2,11H2;;/b5-3-,8-6-,9-7?;;. The molecule has 0 aromatic rings. The van der Waals surface area contributed by atoms with Crippen LogP contribution in [0.4, 0.5) is 0 Å². The normalized spacial score (nSPS) is 11.2. The third kappa shape index (κ3) is 9.79. The molecule has 0 aliphatic heterocycles. The molecule has 0 aromatic heterocycles. The first kappa shape index (κ1) is 12.9. The zero-order valence-electron chi connectivity index (χ0n) is 7.43. The molecule has 0 aromatic carbocycles. The second-order valence-electron chi connectivity index (χ2n) is 2.25. The summed E-state index contributed by atoms with van der Waals surface area (Å²) < 4.78 is 3.22. The van der Waals surface area contributed by atoms with Gasteiger partial charge in [0.1, 0.15) is 0 Å². The van der Waals surface area contributed by atoms with Crippen LogP contribution in [0.2, 0.25) is 0 Å². The Labute approximate surface area is 98.1 Å². The van der Waals surface area contributed by atoms with Crippen molar-refractivity contribution < 1.29 is 34.0 Å². The van der Waals surface area contributed by atoms with Gasteiger partial charge in [-0.05, 0) is 0 Å². The van der Waals surface area contributed by atoms with Crippen molar-refractivity contribution in [1.82, 2.24) is 0 Å². The third-order valence-corrected chi connectivity index (χ3v) is 1.98. The van der Waals surface area contributed by atoms with Crippen LogP contribution >= 0.6 is 0 Å². The van der Waals surface area contributed by atoms with Gasteiger partial charge in [-0.3, -0.25) is 0 Å². The van der Waals surface area contributed by atoms with E-state index in [2.05, 4.69) is 46.6 Å². The summed E-state index contributed by atoms with van der Waals surface area (Å²) in [6, 6.07) is 0. The van der Waals surface area contributed by atoms with Crippen LogP contribution in [-0.4, -0.2) is 8.96 Å². The van der Waals surface area contributed by atoms with Gasteiger partial charge in [-0.2, -0.15) is 0 Å². The van der Waals surface area contributed by atoms with E-state index in [1.807, 2.05) is 35.1 Å². The van der Waals surface area contributed by atoms with Crippen LogP contribution < -0.4 is 0 Å². The summed E-state index contributed by atoms with van der Waals surface area (Å²) in [5.74, 6) is 0. The van der Waals surface area contributed by atoms with Gasteiger partial charge in [-0.1, -0.05) is 0 Å². The van der Waals surface area contributed by atoms with E-state index >= 15 is 0 Å². The van der Waals surface area contributed by atoms with Gasteiger partial charge in [0.25, 0.3) is 0 Å². The van der Waals surface area contributed by atoms with Crippen molar-refractivity contribution in [3.05, 3.63) is 49.1 Å². The van der Waals surface area contributed by atoms with Crippen LogP contribution in [0, 0.1) is 0 Å². The van der Waals surface area contributed by atoms with Crippen LogP contribution in [0.3, 0.4) is 0 Å². The molecule has 0 aliphatic rings. The SMILES string of the molecule is C=C/C=C\[C](=[V])CC=C/C=C\[CH]=[V]. The molecule has 0 rings (SSSR count). The Balaban J connectivity index is 3.75. The molecule has 66 valence electrons. The molecular weight excluding hydrogens is 234 g/mol. The van der Waals surface area contributed by atoms with Crippen LogP contribution in [0.5, 0.6) is 0 Å². The summed E-state index contributed by atoms with van der Waals surface area (Å²) in [5, 5.41) is 0. The van der Waals surface area contributed by atoms with Crippen LogP contribution in [-0.2, 0) is 34.0 Å². The molecule has 0 unspecified atom stereocenters. The van der Waals surface area contributed by atoms with Crippen LogP contribution in [0.25, 0.3) is 0 Å². The first-order valence-electron chi connectivity index (χ1n) is 3.94. The van der Waals surface area contributed by atoms with Crippen molar-refractivity contribution in [1.29, 1.82) is 0 Å². The first-order valence-corrected chi connectivity index (χ1v) is 5.45. The van der Waals surface area contributed by atoms with Crippen molar-refractivity contribution in [3.63, 3.8) is 0 Å². The summed E-state index contributed by atoms with van der Waals surface area (Å²) in [5.41, 5.74) is 0. The van der Waals surface area contributed by atoms with E-state index in [1.165, 1.54) is 4.23 Å². The van der Waals surface area contributed by atoms with Crippen molar-refractivity contribution in [2.75, 3.05) is 0 Å². The van der Waals surface area contributed by atoms with Gasteiger partial charge >= 0.3 is 98.4 Å². The Morgan fingerprint density at radius 3 is 2.54 bits per heavy atom. The molecule has 0 spiro atoms. The Bertz CT molecular complexity index is 257. The van der Waals surface area contributed by atoms with Gasteiger partial charge in [0.15, 0.2) is 0 Å². The molecular formula is C11H12V2. The predicted octanol–water partition coefficient (Wildman–Crippen LogP) is 2.30. The van der Waals surface area contributed by atoms with E-state index in [1.54, 1.807) is 6.08 Å². The average Bonchev–Trinajstić information content (AvgIpc) is 2.14. The zero-order chi connectivity index (χ0) is 9.94. The number of hydrogen-bond acceptors (Lipinski definition) is 0. The fraction of sp³-hybridized carbons (Fsp3) is 0.0909. The Morgan fingerprint density at radius 2 is 1.92 bits per heavy atom. The molecule has 0 saturated heterocycles. The van der Waals surface area contributed by atoms with Crippen LogP contribution in [0.1, 0.15) is 6.42 Å². The molecule has 0 nitrogen and oxygen atoms in total. The van der Waals surface area contributed by atoms with Crippen molar-refractivity contribution >= 4 is 8.96 Å². The van der Waals surface area contributed by atoms with Crippen molar-refractivity contribution in [2.24, 2.45) is 0 Å². The summed E-state index contributed by atoms with van der Waals surface area (Å²) >= 11 is 4.95. The fourth-order valence-corrected chi connectivity index (χ4v) is 1.08. The number of hydrogen-bond donors (Lipinski definition) is 0. The molecule has 0 fully saturated rings. The molecule has 0 aliphatic carbocycles. The minimum atomic E-state index is 0.966. The molecule has 0 saturated carbocycles. The van der Waals surface area contributed by atoms with Crippen LogP contribution in [0.15, 0.2) is 49.1 Å². The second kappa shape index (κ2) is 9.95. The molecule has 0 amide bonds. The van der Waals surface area contributed by atoms with E-state index in [0.29, 0.717) is 0 Å². The van der Waals surface area contributed by atoms with Gasteiger partial charge in [-0.15, -0.1) is 0 Å². The monoisotopic (exact) mass is 246 g/mol. The zero-order valence-corrected chi connectivity index (χ0v) is 10.2. The Kier molecular flexibility index (Phi) is 9.85. The van der Waals surface area contributed by atoms with Crippen molar-refractivity contribution in [2.45, 2.75) is 6.42 Å². The fourth-order valence-electron chi connectivity index (χ4n) is 0.628.